The number of hydrogen-bond acceptors (Lipinski definition) is 3. The zero-order chi connectivity index (χ0) is 14.8. The molecule has 0 unspecified atom stereocenters. The summed E-state index contributed by atoms with van der Waals surface area (Å²) in [5.74, 6) is -0.943. The highest BCUT2D eigenvalue weighted by Gasteiger charge is 2.32. The van der Waals surface area contributed by atoms with Gasteiger partial charge in [-0.05, 0) is 18.2 Å². The van der Waals surface area contributed by atoms with Gasteiger partial charge in [0.25, 0.3) is 5.91 Å². The lowest BCUT2D eigenvalue weighted by molar-refractivity contribution is -0.137. The second-order valence-electron chi connectivity index (χ2n) is 3.85. The number of amides is 1. The van der Waals surface area contributed by atoms with E-state index in [0.29, 0.717) is 6.20 Å². The predicted octanol–water partition coefficient (Wildman–Crippen LogP) is 3.35. The number of halogens is 3. The third-order valence-electron chi connectivity index (χ3n) is 2.40. The van der Waals surface area contributed by atoms with E-state index in [1.165, 1.54) is 0 Å². The Kier molecular flexibility index (Phi) is 3.99. The Morgan fingerprint density at radius 1 is 1.20 bits per heavy atom. The summed E-state index contributed by atoms with van der Waals surface area (Å²) in [6.07, 6.45) is -3.87. The van der Waals surface area contributed by atoms with Crippen molar-refractivity contribution in [1.82, 2.24) is 4.98 Å². The van der Waals surface area contributed by atoms with Crippen molar-refractivity contribution in [3.8, 4) is 0 Å². The number of nitrogens with zero attached hydrogens (tertiary/aromatic N) is 1. The molecule has 1 heterocycles. The zero-order valence-corrected chi connectivity index (χ0v) is 10.8. The van der Waals surface area contributed by atoms with Crippen molar-refractivity contribution in [2.24, 2.45) is 5.73 Å². The number of benzene rings is 1. The van der Waals surface area contributed by atoms with Crippen LogP contribution in [0.25, 0.3) is 0 Å². The van der Waals surface area contributed by atoms with E-state index in [0.717, 1.165) is 22.7 Å². The van der Waals surface area contributed by atoms with E-state index in [1.54, 1.807) is 30.3 Å². The number of nitrogens with two attached hydrogens (primary N) is 1. The summed E-state index contributed by atoms with van der Waals surface area (Å²) in [5.41, 5.74) is 3.88. The van der Waals surface area contributed by atoms with Gasteiger partial charge in [-0.2, -0.15) is 13.2 Å². The molecular formula is C13H9F3N2OS. The van der Waals surface area contributed by atoms with Gasteiger partial charge in [-0.15, -0.1) is 0 Å². The minimum Gasteiger partial charge on any atom is -0.366 e. The van der Waals surface area contributed by atoms with Crippen LogP contribution in [-0.4, -0.2) is 10.9 Å². The van der Waals surface area contributed by atoms with E-state index in [-0.39, 0.29) is 10.6 Å². The molecule has 2 N–H and O–H groups in total. The second-order valence-corrected chi connectivity index (χ2v) is 4.92. The van der Waals surface area contributed by atoms with Crippen LogP contribution in [0, 0.1) is 0 Å². The van der Waals surface area contributed by atoms with Gasteiger partial charge < -0.3 is 5.73 Å². The summed E-state index contributed by atoms with van der Waals surface area (Å²) in [6.45, 7) is 0. The van der Waals surface area contributed by atoms with E-state index >= 15 is 0 Å². The number of rotatable bonds is 3. The summed E-state index contributed by atoms with van der Waals surface area (Å²) in [5, 5.41) is 0.150. The first-order chi connectivity index (χ1) is 9.38. The van der Waals surface area contributed by atoms with Crippen LogP contribution in [0.5, 0.6) is 0 Å². The number of alkyl halides is 3. The Hall–Kier alpha value is -2.02. The Labute approximate surface area is 117 Å². The van der Waals surface area contributed by atoms with Gasteiger partial charge in [-0.25, -0.2) is 4.98 Å². The van der Waals surface area contributed by atoms with Crippen molar-refractivity contribution in [2.75, 3.05) is 0 Å². The van der Waals surface area contributed by atoms with Crippen LogP contribution in [0.15, 0.2) is 52.5 Å². The Morgan fingerprint density at radius 3 is 2.40 bits per heavy atom. The quantitative estimate of drug-likeness (QED) is 0.945. The van der Waals surface area contributed by atoms with Crippen molar-refractivity contribution in [3.05, 3.63) is 53.7 Å². The van der Waals surface area contributed by atoms with E-state index in [1.807, 2.05) is 0 Å². The van der Waals surface area contributed by atoms with Gasteiger partial charge >= 0.3 is 6.18 Å². The fourth-order valence-corrected chi connectivity index (χ4v) is 2.36. The largest absolute Gasteiger partial charge is 0.417 e. The second kappa shape index (κ2) is 5.54. The number of hydrogen-bond donors (Lipinski definition) is 1. The van der Waals surface area contributed by atoms with E-state index in [4.69, 9.17) is 5.73 Å². The summed E-state index contributed by atoms with van der Waals surface area (Å²) >= 11 is 1.08. The van der Waals surface area contributed by atoms with Crippen LogP contribution in [0.3, 0.4) is 0 Å². The zero-order valence-electron chi connectivity index (χ0n) is 10.0. The van der Waals surface area contributed by atoms with Crippen molar-refractivity contribution < 1.29 is 18.0 Å². The van der Waals surface area contributed by atoms with Crippen molar-refractivity contribution in [3.63, 3.8) is 0 Å². The third kappa shape index (κ3) is 3.30. The van der Waals surface area contributed by atoms with Gasteiger partial charge in [-0.1, -0.05) is 30.0 Å². The van der Waals surface area contributed by atoms with Crippen LogP contribution in [0.4, 0.5) is 13.2 Å². The standard InChI is InChI=1S/C13H9F3N2OS/c14-13(15,16)8-6-10(11(17)19)12(18-7-8)20-9-4-2-1-3-5-9/h1-7H,(H2,17,19). The van der Waals surface area contributed by atoms with E-state index < -0.39 is 17.6 Å². The molecule has 1 amide bonds. The van der Waals surface area contributed by atoms with Gasteiger partial charge in [0, 0.05) is 11.1 Å². The molecule has 0 saturated carbocycles. The third-order valence-corrected chi connectivity index (χ3v) is 3.43. The van der Waals surface area contributed by atoms with Gasteiger partial charge in [0.15, 0.2) is 0 Å². The van der Waals surface area contributed by atoms with Crippen LogP contribution in [0.1, 0.15) is 15.9 Å². The highest BCUT2D eigenvalue weighted by Crippen LogP contribution is 2.33. The number of primary amides is 1. The molecule has 0 bridgehead atoms. The average molecular weight is 298 g/mol. The summed E-state index contributed by atoms with van der Waals surface area (Å²) in [4.78, 5) is 15.7. The molecule has 0 spiro atoms. The number of aromatic nitrogens is 1. The maximum atomic E-state index is 12.6. The van der Waals surface area contributed by atoms with Gasteiger partial charge in [0.05, 0.1) is 11.1 Å². The first kappa shape index (κ1) is 14.4. The van der Waals surface area contributed by atoms with E-state index in [2.05, 4.69) is 4.98 Å². The molecule has 0 fully saturated rings. The van der Waals surface area contributed by atoms with E-state index in [9.17, 15) is 18.0 Å². The molecule has 2 rings (SSSR count). The Balaban J connectivity index is 2.41. The van der Waals surface area contributed by atoms with Crippen LogP contribution in [0.2, 0.25) is 0 Å². The topological polar surface area (TPSA) is 56.0 Å². The fraction of sp³-hybridized carbons (Fsp3) is 0.0769. The smallest absolute Gasteiger partial charge is 0.366 e. The molecule has 0 aliphatic rings. The predicted molar refractivity (Wildman–Crippen MR) is 68.3 cm³/mol. The molecule has 0 aliphatic heterocycles. The van der Waals surface area contributed by atoms with Crippen LogP contribution >= 0.6 is 11.8 Å². The molecule has 0 radical (unpaired) electrons. The molecule has 1 aromatic heterocycles. The van der Waals surface area contributed by atoms with Gasteiger partial charge in [0.1, 0.15) is 5.03 Å². The van der Waals surface area contributed by atoms with Crippen molar-refractivity contribution >= 4 is 17.7 Å². The Bertz CT molecular complexity index is 629. The average Bonchev–Trinajstić information content (AvgIpc) is 2.38. The molecule has 20 heavy (non-hydrogen) atoms. The van der Waals surface area contributed by atoms with Crippen LogP contribution in [-0.2, 0) is 6.18 Å². The molecule has 0 atom stereocenters. The minimum atomic E-state index is -4.56. The highest BCUT2D eigenvalue weighted by atomic mass is 32.2. The molecule has 1 aromatic carbocycles. The molecular weight excluding hydrogens is 289 g/mol. The summed E-state index contributed by atoms with van der Waals surface area (Å²) < 4.78 is 37.8. The monoisotopic (exact) mass is 298 g/mol. The fourth-order valence-electron chi connectivity index (χ4n) is 1.47. The summed E-state index contributed by atoms with van der Waals surface area (Å²) in [7, 11) is 0. The highest BCUT2D eigenvalue weighted by molar-refractivity contribution is 7.99. The molecule has 3 nitrogen and oxygen atoms in total. The normalized spacial score (nSPS) is 11.3. The van der Waals surface area contributed by atoms with Crippen molar-refractivity contribution in [2.45, 2.75) is 16.1 Å². The van der Waals surface area contributed by atoms with Gasteiger partial charge in [0.2, 0.25) is 0 Å². The van der Waals surface area contributed by atoms with Gasteiger partial charge in [-0.3, -0.25) is 4.79 Å². The molecule has 7 heteroatoms. The number of pyridine rings is 1. The number of carbonyl (C=O) groups is 1. The number of carbonyl (C=O) groups excluding carboxylic acids is 1. The molecule has 104 valence electrons. The van der Waals surface area contributed by atoms with Crippen LogP contribution < -0.4 is 5.73 Å². The maximum absolute atomic E-state index is 12.6. The first-order valence-electron chi connectivity index (χ1n) is 5.48. The summed E-state index contributed by atoms with van der Waals surface area (Å²) in [6, 6.07) is 9.59. The molecule has 2 aromatic rings. The molecule has 0 aliphatic carbocycles. The Morgan fingerprint density at radius 2 is 1.85 bits per heavy atom. The minimum absolute atomic E-state index is 0.150. The maximum Gasteiger partial charge on any atom is 0.417 e. The lowest BCUT2D eigenvalue weighted by atomic mass is 10.2. The first-order valence-corrected chi connectivity index (χ1v) is 6.29. The lowest BCUT2D eigenvalue weighted by Gasteiger charge is -2.10. The molecule has 0 saturated heterocycles. The lowest BCUT2D eigenvalue weighted by Crippen LogP contribution is -2.16. The van der Waals surface area contributed by atoms with Crippen molar-refractivity contribution in [1.29, 1.82) is 0 Å². The SMILES string of the molecule is NC(=O)c1cc(C(F)(F)F)cnc1Sc1ccccc1.